The molecule has 1 saturated carbocycles. The van der Waals surface area contributed by atoms with Crippen molar-refractivity contribution < 1.29 is 0 Å². The molecule has 0 radical (unpaired) electrons. The normalized spacial score (nSPS) is 19.1. The van der Waals surface area contributed by atoms with Crippen LogP contribution in [0.1, 0.15) is 31.5 Å². The molecule has 6 nitrogen and oxygen atoms in total. The first-order valence-electron chi connectivity index (χ1n) is 6.23. The van der Waals surface area contributed by atoms with Gasteiger partial charge in [0, 0.05) is 12.1 Å². The molecule has 0 amide bonds. The van der Waals surface area contributed by atoms with Crippen LogP contribution < -0.4 is 5.32 Å². The molecule has 1 fully saturated rings. The van der Waals surface area contributed by atoms with Gasteiger partial charge in [-0.15, -0.1) is 10.2 Å². The predicted octanol–water partition coefficient (Wildman–Crippen LogP) is 0.174. The second kappa shape index (κ2) is 5.10. The maximum Gasteiger partial charge on any atom is 0.188 e. The van der Waals surface area contributed by atoms with Crippen molar-refractivity contribution in [3.8, 4) is 0 Å². The monoisotopic (exact) mass is 238 g/mol. The third kappa shape index (κ3) is 2.81. The van der Waals surface area contributed by atoms with Crippen molar-refractivity contribution in [3.63, 3.8) is 0 Å². The Morgan fingerprint density at radius 2 is 2.06 bits per heavy atom. The van der Waals surface area contributed by atoms with Crippen molar-refractivity contribution in [1.82, 2.24) is 30.4 Å². The Morgan fingerprint density at radius 3 is 2.59 bits per heavy atom. The summed E-state index contributed by atoms with van der Waals surface area (Å²) in [6, 6.07) is 0. The molecule has 1 aromatic heterocycles. The topological polar surface area (TPSA) is 58.9 Å². The molecular formula is C11H22N6. The number of nitrogens with one attached hydrogen (secondary N) is 1. The van der Waals surface area contributed by atoms with E-state index in [-0.39, 0.29) is 0 Å². The Labute approximate surface area is 102 Å². The minimum atomic E-state index is 0.322. The van der Waals surface area contributed by atoms with Gasteiger partial charge in [0.15, 0.2) is 5.82 Å². The Hall–Kier alpha value is -1.01. The molecule has 1 aliphatic carbocycles. The molecule has 17 heavy (non-hydrogen) atoms. The molecule has 2 rings (SSSR count). The number of hydrogen-bond donors (Lipinski definition) is 1. The van der Waals surface area contributed by atoms with Crippen molar-refractivity contribution in [2.24, 2.45) is 7.05 Å². The van der Waals surface area contributed by atoms with Gasteiger partial charge < -0.3 is 10.2 Å². The molecule has 0 bridgehead atoms. The molecule has 0 atom stereocenters. The summed E-state index contributed by atoms with van der Waals surface area (Å²) in [5.41, 5.74) is 0.322. The highest BCUT2D eigenvalue weighted by Crippen LogP contribution is 2.33. The molecule has 0 aliphatic heterocycles. The summed E-state index contributed by atoms with van der Waals surface area (Å²) in [4.78, 5) is 3.85. The molecule has 1 aliphatic rings. The molecule has 0 saturated heterocycles. The smallest absolute Gasteiger partial charge is 0.188 e. The van der Waals surface area contributed by atoms with E-state index in [9.17, 15) is 0 Å². The second-order valence-corrected chi connectivity index (χ2v) is 5.12. The van der Waals surface area contributed by atoms with Crippen LogP contribution in [-0.4, -0.2) is 51.3 Å². The quantitative estimate of drug-likeness (QED) is 0.792. The Balaban J connectivity index is 1.84. The first kappa shape index (κ1) is 12.4. The van der Waals surface area contributed by atoms with Crippen LogP contribution in [0.5, 0.6) is 0 Å². The van der Waals surface area contributed by atoms with Crippen LogP contribution in [0.2, 0.25) is 0 Å². The Kier molecular flexibility index (Phi) is 3.73. The van der Waals surface area contributed by atoms with Gasteiger partial charge in [0.1, 0.15) is 0 Å². The van der Waals surface area contributed by atoms with E-state index in [1.165, 1.54) is 30.5 Å². The van der Waals surface area contributed by atoms with Crippen LogP contribution in [0.4, 0.5) is 0 Å². The first-order valence-corrected chi connectivity index (χ1v) is 6.23. The largest absolute Gasteiger partial charge is 0.308 e. The van der Waals surface area contributed by atoms with Gasteiger partial charge in [-0.05, 0) is 32.2 Å². The lowest BCUT2D eigenvalue weighted by molar-refractivity contribution is 0.153. The fourth-order valence-electron chi connectivity index (χ4n) is 2.62. The fourth-order valence-corrected chi connectivity index (χ4v) is 2.62. The Morgan fingerprint density at radius 1 is 1.35 bits per heavy atom. The van der Waals surface area contributed by atoms with Crippen molar-refractivity contribution in [3.05, 3.63) is 5.82 Å². The molecule has 1 N–H and O–H groups in total. The summed E-state index contributed by atoms with van der Waals surface area (Å²) in [6.07, 6.45) is 5.23. The van der Waals surface area contributed by atoms with Gasteiger partial charge in [-0.2, -0.15) is 4.80 Å². The van der Waals surface area contributed by atoms with Crippen LogP contribution in [0.15, 0.2) is 0 Å². The van der Waals surface area contributed by atoms with E-state index >= 15 is 0 Å². The summed E-state index contributed by atoms with van der Waals surface area (Å²) >= 11 is 0. The predicted molar refractivity (Wildman–Crippen MR) is 65.4 cm³/mol. The van der Waals surface area contributed by atoms with E-state index < -0.39 is 0 Å². The maximum absolute atomic E-state index is 4.16. The van der Waals surface area contributed by atoms with E-state index in [0.29, 0.717) is 12.1 Å². The third-order valence-corrected chi connectivity index (χ3v) is 3.77. The summed E-state index contributed by atoms with van der Waals surface area (Å²) in [6.45, 7) is 1.70. The minimum Gasteiger partial charge on any atom is -0.308 e. The number of rotatable bonds is 5. The van der Waals surface area contributed by atoms with Crippen LogP contribution in [-0.2, 0) is 13.6 Å². The zero-order valence-electron chi connectivity index (χ0n) is 11.0. The van der Waals surface area contributed by atoms with E-state index in [1.807, 2.05) is 0 Å². The highest BCUT2D eigenvalue weighted by molar-refractivity contribution is 4.94. The number of nitrogens with zero attached hydrogens (tertiary/aromatic N) is 5. The Bertz CT molecular complexity index is 353. The molecule has 1 heterocycles. The SMILES string of the molecule is CN(C)C1(CNCc2nnn(C)n2)CCCC1. The molecule has 1 aromatic rings. The minimum absolute atomic E-state index is 0.322. The number of aryl methyl sites for hydroxylation is 1. The van der Waals surface area contributed by atoms with Gasteiger partial charge in [0.2, 0.25) is 0 Å². The number of likely N-dealkylation sites (N-methyl/N-ethyl adjacent to an activating group) is 1. The lowest BCUT2D eigenvalue weighted by Gasteiger charge is -2.36. The molecule has 6 heteroatoms. The molecule has 96 valence electrons. The standard InChI is InChI=1S/C11H22N6/c1-16(2)11(6-4-5-7-11)9-12-8-10-13-15-17(3)14-10/h12H,4-9H2,1-3H3. The number of tetrazole rings is 1. The van der Waals surface area contributed by atoms with Gasteiger partial charge in [-0.3, -0.25) is 0 Å². The molecular weight excluding hydrogens is 216 g/mol. The van der Waals surface area contributed by atoms with Crippen LogP contribution >= 0.6 is 0 Å². The third-order valence-electron chi connectivity index (χ3n) is 3.77. The van der Waals surface area contributed by atoms with Crippen molar-refractivity contribution in [2.75, 3.05) is 20.6 Å². The van der Waals surface area contributed by atoms with Gasteiger partial charge in [0.25, 0.3) is 0 Å². The highest BCUT2D eigenvalue weighted by Gasteiger charge is 2.35. The second-order valence-electron chi connectivity index (χ2n) is 5.12. The summed E-state index contributed by atoms with van der Waals surface area (Å²) in [5.74, 6) is 0.763. The van der Waals surface area contributed by atoms with Gasteiger partial charge in [-0.25, -0.2) is 0 Å². The van der Waals surface area contributed by atoms with E-state index in [2.05, 4.69) is 39.7 Å². The van der Waals surface area contributed by atoms with Crippen molar-refractivity contribution in [1.29, 1.82) is 0 Å². The zero-order chi connectivity index (χ0) is 12.3. The summed E-state index contributed by atoms with van der Waals surface area (Å²) in [5, 5.41) is 15.4. The average molecular weight is 238 g/mol. The van der Waals surface area contributed by atoms with Crippen molar-refractivity contribution >= 4 is 0 Å². The maximum atomic E-state index is 4.16. The van der Waals surface area contributed by atoms with E-state index in [0.717, 1.165) is 12.4 Å². The highest BCUT2D eigenvalue weighted by atomic mass is 15.6. The van der Waals surface area contributed by atoms with Crippen LogP contribution in [0, 0.1) is 0 Å². The molecule has 0 aromatic carbocycles. The van der Waals surface area contributed by atoms with Crippen molar-refractivity contribution in [2.45, 2.75) is 37.8 Å². The van der Waals surface area contributed by atoms with E-state index in [1.54, 1.807) is 7.05 Å². The summed E-state index contributed by atoms with van der Waals surface area (Å²) in [7, 11) is 6.13. The van der Waals surface area contributed by atoms with Gasteiger partial charge in [0.05, 0.1) is 13.6 Å². The van der Waals surface area contributed by atoms with E-state index in [4.69, 9.17) is 0 Å². The average Bonchev–Trinajstić information content (AvgIpc) is 2.89. The van der Waals surface area contributed by atoms with Crippen LogP contribution in [0.25, 0.3) is 0 Å². The lowest BCUT2D eigenvalue weighted by atomic mass is 9.96. The van der Waals surface area contributed by atoms with Crippen LogP contribution in [0.3, 0.4) is 0 Å². The van der Waals surface area contributed by atoms with Gasteiger partial charge in [-0.1, -0.05) is 12.8 Å². The molecule has 0 spiro atoms. The fraction of sp³-hybridized carbons (Fsp3) is 0.909. The van der Waals surface area contributed by atoms with Gasteiger partial charge >= 0.3 is 0 Å². The molecule has 0 unspecified atom stereocenters. The lowest BCUT2D eigenvalue weighted by Crippen LogP contribution is -2.49. The number of hydrogen-bond acceptors (Lipinski definition) is 5. The number of aromatic nitrogens is 4. The zero-order valence-corrected chi connectivity index (χ0v) is 11.0. The summed E-state index contributed by atoms with van der Waals surface area (Å²) < 4.78 is 0. The first-order chi connectivity index (χ1) is 8.12.